The third kappa shape index (κ3) is 3.94. The summed E-state index contributed by atoms with van der Waals surface area (Å²) < 4.78 is 15.7. The molecule has 1 heterocycles. The van der Waals surface area contributed by atoms with E-state index in [0.717, 1.165) is 11.4 Å². The van der Waals surface area contributed by atoms with E-state index in [1.165, 1.54) is 23.9 Å². The van der Waals surface area contributed by atoms with Gasteiger partial charge in [-0.1, -0.05) is 54.2 Å². The first kappa shape index (κ1) is 18.1. The maximum absolute atomic E-state index is 13.7. The van der Waals surface area contributed by atoms with Crippen molar-refractivity contribution in [2.24, 2.45) is 0 Å². The standard InChI is InChI=1S/C19H19FN4OS/c1-3-24-17(14-9-5-4-6-10-14)22-23-19(24)26-13(2)18(25)21-16-12-8-7-11-15(16)20/h4-13H,3H2,1-2H3,(H,21,25)/t13-/m1/s1. The first-order chi connectivity index (χ1) is 12.6. The van der Waals surface area contributed by atoms with Crippen LogP contribution in [-0.4, -0.2) is 25.9 Å². The van der Waals surface area contributed by atoms with Gasteiger partial charge in [0.1, 0.15) is 5.82 Å². The molecule has 1 amide bonds. The Morgan fingerprint density at radius 1 is 1.15 bits per heavy atom. The number of hydrogen-bond donors (Lipinski definition) is 1. The third-order valence-corrected chi connectivity index (χ3v) is 4.93. The number of anilines is 1. The zero-order valence-corrected chi connectivity index (χ0v) is 15.3. The number of rotatable bonds is 6. The molecule has 0 aliphatic carbocycles. The highest BCUT2D eigenvalue weighted by atomic mass is 32.2. The Bertz CT molecular complexity index is 898. The second kappa shape index (κ2) is 8.14. The lowest BCUT2D eigenvalue weighted by atomic mass is 10.2. The first-order valence-corrected chi connectivity index (χ1v) is 9.18. The lowest BCUT2D eigenvalue weighted by Crippen LogP contribution is -2.23. The molecule has 3 rings (SSSR count). The van der Waals surface area contributed by atoms with Gasteiger partial charge in [-0.25, -0.2) is 4.39 Å². The van der Waals surface area contributed by atoms with Gasteiger partial charge in [0.25, 0.3) is 0 Å². The number of carbonyl (C=O) groups is 1. The normalized spacial score (nSPS) is 12.0. The van der Waals surface area contributed by atoms with Crippen molar-refractivity contribution in [1.29, 1.82) is 0 Å². The van der Waals surface area contributed by atoms with Crippen molar-refractivity contribution >= 4 is 23.4 Å². The topological polar surface area (TPSA) is 59.8 Å². The van der Waals surface area contributed by atoms with Crippen LogP contribution in [0.3, 0.4) is 0 Å². The maximum Gasteiger partial charge on any atom is 0.237 e. The summed E-state index contributed by atoms with van der Waals surface area (Å²) in [5, 5.41) is 11.3. The quantitative estimate of drug-likeness (QED) is 0.660. The molecule has 0 saturated heterocycles. The number of amides is 1. The van der Waals surface area contributed by atoms with Gasteiger partial charge in [0.15, 0.2) is 11.0 Å². The van der Waals surface area contributed by atoms with Crippen LogP contribution in [0.5, 0.6) is 0 Å². The van der Waals surface area contributed by atoms with E-state index in [9.17, 15) is 9.18 Å². The lowest BCUT2D eigenvalue weighted by Gasteiger charge is -2.13. The molecule has 1 aromatic heterocycles. The van der Waals surface area contributed by atoms with Gasteiger partial charge in [0.05, 0.1) is 10.9 Å². The highest BCUT2D eigenvalue weighted by Gasteiger charge is 2.21. The summed E-state index contributed by atoms with van der Waals surface area (Å²) in [4.78, 5) is 12.4. The molecule has 7 heteroatoms. The molecule has 0 spiro atoms. The van der Waals surface area contributed by atoms with Crippen molar-refractivity contribution in [3.8, 4) is 11.4 Å². The number of thioether (sulfide) groups is 1. The van der Waals surface area contributed by atoms with E-state index in [2.05, 4.69) is 15.5 Å². The van der Waals surface area contributed by atoms with E-state index in [1.807, 2.05) is 41.8 Å². The summed E-state index contributed by atoms with van der Waals surface area (Å²) in [6, 6.07) is 15.9. The number of carbonyl (C=O) groups excluding carboxylic acids is 1. The van der Waals surface area contributed by atoms with Crippen molar-refractivity contribution in [2.75, 3.05) is 5.32 Å². The molecule has 0 aliphatic rings. The molecule has 134 valence electrons. The summed E-state index contributed by atoms with van der Waals surface area (Å²) in [6.45, 7) is 4.45. The Balaban J connectivity index is 1.75. The van der Waals surface area contributed by atoms with Gasteiger partial charge in [0, 0.05) is 12.1 Å². The van der Waals surface area contributed by atoms with Crippen LogP contribution in [0, 0.1) is 5.82 Å². The van der Waals surface area contributed by atoms with Crippen LogP contribution in [-0.2, 0) is 11.3 Å². The molecule has 1 atom stereocenters. The van der Waals surface area contributed by atoms with Crippen LogP contribution in [0.25, 0.3) is 11.4 Å². The van der Waals surface area contributed by atoms with Crippen LogP contribution in [0.4, 0.5) is 10.1 Å². The van der Waals surface area contributed by atoms with Gasteiger partial charge >= 0.3 is 0 Å². The second-order valence-corrected chi connectivity index (χ2v) is 6.95. The molecular formula is C19H19FN4OS. The zero-order valence-electron chi connectivity index (χ0n) is 14.5. The van der Waals surface area contributed by atoms with Gasteiger partial charge in [0.2, 0.25) is 5.91 Å². The summed E-state index contributed by atoms with van der Waals surface area (Å²) >= 11 is 1.30. The van der Waals surface area contributed by atoms with E-state index < -0.39 is 11.1 Å². The Hall–Kier alpha value is -2.67. The third-order valence-electron chi connectivity index (χ3n) is 3.85. The van der Waals surface area contributed by atoms with E-state index in [1.54, 1.807) is 19.1 Å². The first-order valence-electron chi connectivity index (χ1n) is 8.30. The van der Waals surface area contributed by atoms with Gasteiger partial charge in [-0.05, 0) is 26.0 Å². The van der Waals surface area contributed by atoms with Crippen LogP contribution >= 0.6 is 11.8 Å². The monoisotopic (exact) mass is 370 g/mol. The second-order valence-electron chi connectivity index (χ2n) is 5.65. The van der Waals surface area contributed by atoms with Crippen LogP contribution in [0.2, 0.25) is 0 Å². The van der Waals surface area contributed by atoms with Gasteiger partial charge < -0.3 is 9.88 Å². The Labute approximate surface area is 155 Å². The summed E-state index contributed by atoms with van der Waals surface area (Å²) in [5.41, 5.74) is 1.14. The van der Waals surface area contributed by atoms with Gasteiger partial charge in [-0.15, -0.1) is 10.2 Å². The number of halogens is 1. The lowest BCUT2D eigenvalue weighted by molar-refractivity contribution is -0.115. The Morgan fingerprint density at radius 2 is 1.85 bits per heavy atom. The summed E-state index contributed by atoms with van der Waals surface area (Å²) in [5.74, 6) is 0.0189. The number of benzene rings is 2. The molecule has 26 heavy (non-hydrogen) atoms. The number of aromatic nitrogens is 3. The fraction of sp³-hybridized carbons (Fsp3) is 0.211. The van der Waals surface area contributed by atoms with E-state index >= 15 is 0 Å². The molecule has 1 N–H and O–H groups in total. The average Bonchev–Trinajstić information content (AvgIpc) is 3.06. The van der Waals surface area contributed by atoms with E-state index in [4.69, 9.17) is 0 Å². The minimum absolute atomic E-state index is 0.173. The van der Waals surface area contributed by atoms with Crippen molar-refractivity contribution in [3.05, 3.63) is 60.4 Å². The highest BCUT2D eigenvalue weighted by Crippen LogP contribution is 2.27. The number of hydrogen-bond acceptors (Lipinski definition) is 4. The van der Waals surface area contributed by atoms with Crippen molar-refractivity contribution in [2.45, 2.75) is 30.8 Å². The molecule has 0 fully saturated rings. The smallest absolute Gasteiger partial charge is 0.237 e. The number of nitrogens with zero attached hydrogens (tertiary/aromatic N) is 3. The van der Waals surface area contributed by atoms with Crippen LogP contribution in [0.15, 0.2) is 59.8 Å². The summed E-state index contributed by atoms with van der Waals surface area (Å²) in [6.07, 6.45) is 0. The molecule has 0 bridgehead atoms. The summed E-state index contributed by atoms with van der Waals surface area (Å²) in [7, 11) is 0. The number of nitrogens with one attached hydrogen (secondary N) is 1. The van der Waals surface area contributed by atoms with Gasteiger partial charge in [-0.2, -0.15) is 0 Å². The molecule has 5 nitrogen and oxygen atoms in total. The molecule has 0 aliphatic heterocycles. The van der Waals surface area contributed by atoms with Gasteiger partial charge in [-0.3, -0.25) is 4.79 Å². The molecular weight excluding hydrogens is 351 g/mol. The van der Waals surface area contributed by atoms with Crippen LogP contribution < -0.4 is 5.32 Å². The van der Waals surface area contributed by atoms with Crippen molar-refractivity contribution in [3.63, 3.8) is 0 Å². The Kier molecular flexibility index (Phi) is 5.68. The van der Waals surface area contributed by atoms with Crippen molar-refractivity contribution < 1.29 is 9.18 Å². The van der Waals surface area contributed by atoms with Crippen LogP contribution in [0.1, 0.15) is 13.8 Å². The zero-order chi connectivity index (χ0) is 18.5. The van der Waals surface area contributed by atoms with Crippen molar-refractivity contribution in [1.82, 2.24) is 14.8 Å². The molecule has 3 aromatic rings. The highest BCUT2D eigenvalue weighted by molar-refractivity contribution is 8.00. The molecule has 0 radical (unpaired) electrons. The predicted octanol–water partition coefficient (Wildman–Crippen LogP) is 4.22. The molecule has 0 saturated carbocycles. The minimum atomic E-state index is -0.457. The largest absolute Gasteiger partial charge is 0.323 e. The Morgan fingerprint density at radius 3 is 2.54 bits per heavy atom. The predicted molar refractivity (Wildman–Crippen MR) is 101 cm³/mol. The fourth-order valence-electron chi connectivity index (χ4n) is 2.47. The molecule has 2 aromatic carbocycles. The average molecular weight is 370 g/mol. The SMILES string of the molecule is CCn1c(S[C@H](C)C(=O)Nc2ccccc2F)nnc1-c1ccccc1. The minimum Gasteiger partial charge on any atom is -0.323 e. The fourth-order valence-corrected chi connectivity index (χ4v) is 3.38. The van der Waals surface area contributed by atoms with E-state index in [0.29, 0.717) is 11.7 Å². The molecule has 0 unspecified atom stereocenters. The maximum atomic E-state index is 13.7. The number of para-hydroxylation sites is 1. The van der Waals surface area contributed by atoms with E-state index in [-0.39, 0.29) is 11.6 Å².